The molecule has 0 saturated heterocycles. The summed E-state index contributed by atoms with van der Waals surface area (Å²) >= 11 is 0. The van der Waals surface area contributed by atoms with Crippen molar-refractivity contribution in [2.45, 2.75) is 51.2 Å². The van der Waals surface area contributed by atoms with Crippen molar-refractivity contribution in [3.63, 3.8) is 0 Å². The molecule has 1 fully saturated rings. The monoisotopic (exact) mass is 157 g/mol. The average molecular weight is 157 g/mol. The molecule has 0 heterocycles. The fourth-order valence-electron chi connectivity index (χ4n) is 0.893. The number of hydrogen-bond donors (Lipinski definition) is 2. The zero-order valence-corrected chi connectivity index (χ0v) is 7.78. The lowest BCUT2D eigenvalue weighted by molar-refractivity contribution is 0.0524. The summed E-state index contributed by atoms with van der Waals surface area (Å²) < 4.78 is 0. The molecule has 0 spiro atoms. The SMILES string of the molecule is CCC(C)(O)CNC1(C)CC1. The van der Waals surface area contributed by atoms with Crippen LogP contribution in [0.2, 0.25) is 0 Å². The van der Waals surface area contributed by atoms with E-state index in [9.17, 15) is 5.11 Å². The maximum absolute atomic E-state index is 9.65. The Morgan fingerprint density at radius 2 is 2.09 bits per heavy atom. The molecule has 0 aromatic carbocycles. The van der Waals surface area contributed by atoms with E-state index in [1.807, 2.05) is 13.8 Å². The smallest absolute Gasteiger partial charge is 0.0741 e. The van der Waals surface area contributed by atoms with Crippen LogP contribution in [0.5, 0.6) is 0 Å². The lowest BCUT2D eigenvalue weighted by atomic mass is 10.0. The van der Waals surface area contributed by atoms with Crippen molar-refractivity contribution in [2.24, 2.45) is 0 Å². The summed E-state index contributed by atoms with van der Waals surface area (Å²) in [5.74, 6) is 0. The maximum atomic E-state index is 9.65. The predicted octanol–water partition coefficient (Wildman–Crippen LogP) is 1.29. The second-order valence-corrected chi connectivity index (χ2v) is 4.26. The molecule has 0 amide bonds. The molecule has 2 heteroatoms. The molecule has 0 radical (unpaired) electrons. The molecule has 0 aliphatic heterocycles. The van der Waals surface area contributed by atoms with Gasteiger partial charge in [-0.2, -0.15) is 0 Å². The first-order chi connectivity index (χ1) is 4.97. The number of nitrogens with one attached hydrogen (secondary N) is 1. The standard InChI is InChI=1S/C9H19NO/c1-4-9(3,11)7-10-8(2)5-6-8/h10-11H,4-7H2,1-3H3. The van der Waals surface area contributed by atoms with Crippen LogP contribution >= 0.6 is 0 Å². The van der Waals surface area contributed by atoms with Crippen LogP contribution in [0.3, 0.4) is 0 Å². The summed E-state index contributed by atoms with van der Waals surface area (Å²) in [5.41, 5.74) is -0.176. The lowest BCUT2D eigenvalue weighted by Crippen LogP contribution is -2.42. The molecule has 0 aromatic heterocycles. The van der Waals surface area contributed by atoms with E-state index >= 15 is 0 Å². The van der Waals surface area contributed by atoms with Crippen LogP contribution in [0.1, 0.15) is 40.0 Å². The van der Waals surface area contributed by atoms with Gasteiger partial charge in [0.2, 0.25) is 0 Å². The zero-order valence-electron chi connectivity index (χ0n) is 7.78. The number of β-amino-alcohol motifs (C(OH)–C–C–N with tert-alkyl or cyclic N) is 1. The molecule has 11 heavy (non-hydrogen) atoms. The quantitative estimate of drug-likeness (QED) is 0.644. The van der Waals surface area contributed by atoms with E-state index in [0.29, 0.717) is 5.54 Å². The molecule has 0 aromatic rings. The predicted molar refractivity (Wildman–Crippen MR) is 46.6 cm³/mol. The van der Waals surface area contributed by atoms with Gasteiger partial charge in [-0.15, -0.1) is 0 Å². The van der Waals surface area contributed by atoms with Crippen molar-refractivity contribution in [1.82, 2.24) is 5.32 Å². The van der Waals surface area contributed by atoms with E-state index < -0.39 is 5.60 Å². The van der Waals surface area contributed by atoms with Crippen LogP contribution in [0.4, 0.5) is 0 Å². The van der Waals surface area contributed by atoms with Gasteiger partial charge in [0.05, 0.1) is 5.60 Å². The Balaban J connectivity index is 2.20. The van der Waals surface area contributed by atoms with Crippen molar-refractivity contribution in [1.29, 1.82) is 0 Å². The molecule has 66 valence electrons. The summed E-state index contributed by atoms with van der Waals surface area (Å²) in [6.45, 7) is 6.82. The molecular formula is C9H19NO. The second-order valence-electron chi connectivity index (χ2n) is 4.26. The Labute approximate surface area is 69.0 Å². The molecule has 1 atom stereocenters. The van der Waals surface area contributed by atoms with E-state index in [1.54, 1.807) is 0 Å². The van der Waals surface area contributed by atoms with Gasteiger partial charge in [-0.3, -0.25) is 0 Å². The first-order valence-electron chi connectivity index (χ1n) is 4.45. The average Bonchev–Trinajstić information content (AvgIpc) is 2.66. The highest BCUT2D eigenvalue weighted by atomic mass is 16.3. The van der Waals surface area contributed by atoms with Gasteiger partial charge in [0.15, 0.2) is 0 Å². The Hall–Kier alpha value is -0.0800. The normalized spacial score (nSPS) is 26.2. The van der Waals surface area contributed by atoms with Gasteiger partial charge in [0.1, 0.15) is 0 Å². The molecule has 1 unspecified atom stereocenters. The minimum absolute atomic E-state index is 0.346. The molecule has 0 bridgehead atoms. The second kappa shape index (κ2) is 2.76. The van der Waals surface area contributed by atoms with Crippen LogP contribution in [0.15, 0.2) is 0 Å². The third-order valence-corrected chi connectivity index (χ3v) is 2.66. The van der Waals surface area contributed by atoms with E-state index in [4.69, 9.17) is 0 Å². The lowest BCUT2D eigenvalue weighted by Gasteiger charge is -2.24. The van der Waals surface area contributed by atoms with E-state index in [1.165, 1.54) is 12.8 Å². The third-order valence-electron chi connectivity index (χ3n) is 2.66. The zero-order chi connectivity index (χ0) is 8.54. The van der Waals surface area contributed by atoms with Crippen molar-refractivity contribution in [2.75, 3.05) is 6.54 Å². The minimum atomic E-state index is -0.522. The maximum Gasteiger partial charge on any atom is 0.0741 e. The van der Waals surface area contributed by atoms with E-state index in [2.05, 4.69) is 12.2 Å². The molecule has 2 nitrogen and oxygen atoms in total. The Morgan fingerprint density at radius 1 is 1.55 bits per heavy atom. The van der Waals surface area contributed by atoms with E-state index in [0.717, 1.165) is 13.0 Å². The van der Waals surface area contributed by atoms with Crippen LogP contribution in [-0.2, 0) is 0 Å². The van der Waals surface area contributed by atoms with Crippen LogP contribution in [0, 0.1) is 0 Å². The van der Waals surface area contributed by atoms with Gasteiger partial charge in [-0.05, 0) is 33.1 Å². The number of hydrogen-bond acceptors (Lipinski definition) is 2. The largest absolute Gasteiger partial charge is 0.389 e. The first-order valence-corrected chi connectivity index (χ1v) is 4.45. The molecular weight excluding hydrogens is 138 g/mol. The van der Waals surface area contributed by atoms with Gasteiger partial charge >= 0.3 is 0 Å². The van der Waals surface area contributed by atoms with Crippen LogP contribution in [0.25, 0.3) is 0 Å². The molecule has 2 N–H and O–H groups in total. The fourth-order valence-corrected chi connectivity index (χ4v) is 0.893. The minimum Gasteiger partial charge on any atom is -0.389 e. The van der Waals surface area contributed by atoms with Gasteiger partial charge in [0, 0.05) is 12.1 Å². The van der Waals surface area contributed by atoms with Crippen molar-refractivity contribution >= 4 is 0 Å². The Morgan fingerprint density at radius 3 is 2.45 bits per heavy atom. The third kappa shape index (κ3) is 2.80. The Kier molecular flexibility index (Phi) is 2.26. The Bertz CT molecular complexity index is 138. The summed E-state index contributed by atoms with van der Waals surface area (Å²) in [4.78, 5) is 0. The van der Waals surface area contributed by atoms with Gasteiger partial charge in [-0.25, -0.2) is 0 Å². The fraction of sp³-hybridized carbons (Fsp3) is 1.00. The summed E-state index contributed by atoms with van der Waals surface area (Å²) in [6, 6.07) is 0. The summed E-state index contributed by atoms with van der Waals surface area (Å²) in [7, 11) is 0. The van der Waals surface area contributed by atoms with Gasteiger partial charge in [-0.1, -0.05) is 6.92 Å². The van der Waals surface area contributed by atoms with Gasteiger partial charge < -0.3 is 10.4 Å². The molecule has 1 saturated carbocycles. The van der Waals surface area contributed by atoms with Crippen molar-refractivity contribution in [3.05, 3.63) is 0 Å². The molecule has 1 rings (SSSR count). The molecule has 1 aliphatic carbocycles. The number of rotatable bonds is 4. The summed E-state index contributed by atoms with van der Waals surface area (Å²) in [6.07, 6.45) is 3.33. The molecule has 1 aliphatic rings. The van der Waals surface area contributed by atoms with Crippen LogP contribution in [-0.4, -0.2) is 22.8 Å². The number of aliphatic hydroxyl groups is 1. The topological polar surface area (TPSA) is 32.3 Å². The van der Waals surface area contributed by atoms with Crippen molar-refractivity contribution < 1.29 is 5.11 Å². The highest BCUT2D eigenvalue weighted by molar-refractivity contribution is 4.98. The van der Waals surface area contributed by atoms with Gasteiger partial charge in [0.25, 0.3) is 0 Å². The van der Waals surface area contributed by atoms with E-state index in [-0.39, 0.29) is 0 Å². The van der Waals surface area contributed by atoms with Crippen molar-refractivity contribution in [3.8, 4) is 0 Å². The van der Waals surface area contributed by atoms with Crippen LogP contribution < -0.4 is 5.32 Å². The first kappa shape index (κ1) is 9.01. The highest BCUT2D eigenvalue weighted by Gasteiger charge is 2.37. The highest BCUT2D eigenvalue weighted by Crippen LogP contribution is 2.34. The summed E-state index contributed by atoms with van der Waals surface area (Å²) in [5, 5.41) is 13.0.